The highest BCUT2D eigenvalue weighted by molar-refractivity contribution is 6.05. The first kappa shape index (κ1) is 17.5. The molecule has 2 aromatic carbocycles. The lowest BCUT2D eigenvalue weighted by Gasteiger charge is -2.16. The lowest BCUT2D eigenvalue weighted by molar-refractivity contribution is 0.0926. The summed E-state index contributed by atoms with van der Waals surface area (Å²) in [6, 6.07) is 14.5. The van der Waals surface area contributed by atoms with Crippen LogP contribution in [0.1, 0.15) is 22.8 Å². The van der Waals surface area contributed by atoms with Crippen molar-refractivity contribution in [3.8, 4) is 11.3 Å². The van der Waals surface area contributed by atoms with Gasteiger partial charge in [-0.1, -0.05) is 43.3 Å². The molecule has 1 N–H and O–H groups in total. The van der Waals surface area contributed by atoms with Gasteiger partial charge in [0.1, 0.15) is 5.76 Å². The molecule has 0 aliphatic carbocycles. The SMILES string of the molecule is Cc1c(-c2ccccc2)oc2c(C(=O)NC3COCC3C)cccc2c1=O. The van der Waals surface area contributed by atoms with Gasteiger partial charge >= 0.3 is 0 Å². The van der Waals surface area contributed by atoms with Crippen molar-refractivity contribution in [2.75, 3.05) is 13.2 Å². The summed E-state index contributed by atoms with van der Waals surface area (Å²) in [5.41, 5.74) is 1.89. The first-order valence-corrected chi connectivity index (χ1v) is 9.06. The zero-order valence-corrected chi connectivity index (χ0v) is 15.3. The zero-order chi connectivity index (χ0) is 19.0. The zero-order valence-electron chi connectivity index (χ0n) is 15.3. The molecular formula is C22H21NO4. The Labute approximate surface area is 157 Å². The maximum absolute atomic E-state index is 12.9. The third-order valence-corrected chi connectivity index (χ3v) is 5.11. The summed E-state index contributed by atoms with van der Waals surface area (Å²) in [5, 5.41) is 3.42. The highest BCUT2D eigenvalue weighted by atomic mass is 16.5. The Bertz CT molecular complexity index is 1060. The van der Waals surface area contributed by atoms with Crippen LogP contribution in [0.25, 0.3) is 22.3 Å². The Hall–Kier alpha value is -2.92. The number of hydrogen-bond donors (Lipinski definition) is 1. The largest absolute Gasteiger partial charge is 0.455 e. The molecule has 2 heterocycles. The molecule has 5 nitrogen and oxygen atoms in total. The number of nitrogens with one attached hydrogen (secondary N) is 1. The van der Waals surface area contributed by atoms with Gasteiger partial charge in [0.2, 0.25) is 0 Å². The Morgan fingerprint density at radius 3 is 2.56 bits per heavy atom. The maximum Gasteiger partial charge on any atom is 0.255 e. The van der Waals surface area contributed by atoms with Crippen molar-refractivity contribution in [3.63, 3.8) is 0 Å². The average Bonchev–Trinajstić information content (AvgIpc) is 3.09. The molecule has 0 saturated carbocycles. The number of fused-ring (bicyclic) bond motifs is 1. The van der Waals surface area contributed by atoms with Gasteiger partial charge in [0.05, 0.1) is 30.2 Å². The van der Waals surface area contributed by atoms with Crippen LogP contribution in [0, 0.1) is 12.8 Å². The van der Waals surface area contributed by atoms with Crippen LogP contribution in [0.4, 0.5) is 0 Å². The van der Waals surface area contributed by atoms with Gasteiger partial charge in [0.15, 0.2) is 11.0 Å². The van der Waals surface area contributed by atoms with Crippen LogP contribution in [-0.4, -0.2) is 25.2 Å². The minimum absolute atomic E-state index is 0.0430. The maximum atomic E-state index is 12.9. The predicted molar refractivity (Wildman–Crippen MR) is 104 cm³/mol. The fourth-order valence-electron chi connectivity index (χ4n) is 3.44. The number of ether oxygens (including phenoxy) is 1. The Balaban J connectivity index is 1.83. The van der Waals surface area contributed by atoms with E-state index in [-0.39, 0.29) is 23.3 Å². The summed E-state index contributed by atoms with van der Waals surface area (Å²) in [7, 11) is 0. The number of carbonyl (C=O) groups excluding carboxylic acids is 1. The second-order valence-corrected chi connectivity index (χ2v) is 7.03. The molecule has 0 spiro atoms. The monoisotopic (exact) mass is 363 g/mol. The van der Waals surface area contributed by atoms with Crippen molar-refractivity contribution in [1.29, 1.82) is 0 Å². The van der Waals surface area contributed by atoms with Crippen molar-refractivity contribution in [3.05, 3.63) is 69.9 Å². The van der Waals surface area contributed by atoms with E-state index >= 15 is 0 Å². The van der Waals surface area contributed by atoms with Gasteiger partial charge in [-0.25, -0.2) is 0 Å². The van der Waals surface area contributed by atoms with E-state index in [1.165, 1.54) is 0 Å². The van der Waals surface area contributed by atoms with E-state index in [1.54, 1.807) is 25.1 Å². The summed E-state index contributed by atoms with van der Waals surface area (Å²) in [5.74, 6) is 0.484. The van der Waals surface area contributed by atoms with Crippen molar-refractivity contribution in [2.24, 2.45) is 5.92 Å². The molecular weight excluding hydrogens is 342 g/mol. The van der Waals surface area contributed by atoms with Crippen molar-refractivity contribution in [2.45, 2.75) is 19.9 Å². The van der Waals surface area contributed by atoms with Gasteiger partial charge in [0.25, 0.3) is 5.91 Å². The molecule has 138 valence electrons. The van der Waals surface area contributed by atoms with Crippen LogP contribution in [0.15, 0.2) is 57.7 Å². The normalized spacial score (nSPS) is 19.3. The Kier molecular flexibility index (Phi) is 4.54. The van der Waals surface area contributed by atoms with Gasteiger partial charge in [-0.15, -0.1) is 0 Å². The molecule has 4 rings (SSSR count). The fraction of sp³-hybridized carbons (Fsp3) is 0.273. The number of para-hydroxylation sites is 1. The van der Waals surface area contributed by atoms with Crippen LogP contribution >= 0.6 is 0 Å². The van der Waals surface area contributed by atoms with E-state index < -0.39 is 0 Å². The molecule has 0 radical (unpaired) electrons. The number of amides is 1. The van der Waals surface area contributed by atoms with E-state index in [0.717, 1.165) is 5.56 Å². The van der Waals surface area contributed by atoms with Crippen LogP contribution in [0.2, 0.25) is 0 Å². The Morgan fingerprint density at radius 2 is 1.85 bits per heavy atom. The van der Waals surface area contributed by atoms with Gasteiger partial charge in [-0.2, -0.15) is 0 Å². The molecule has 0 bridgehead atoms. The second-order valence-electron chi connectivity index (χ2n) is 7.03. The predicted octanol–water partition coefficient (Wildman–Crippen LogP) is 3.53. The van der Waals surface area contributed by atoms with E-state index in [9.17, 15) is 9.59 Å². The molecule has 1 saturated heterocycles. The molecule has 27 heavy (non-hydrogen) atoms. The van der Waals surface area contributed by atoms with Crippen LogP contribution in [0.3, 0.4) is 0 Å². The molecule has 2 unspecified atom stereocenters. The molecule has 1 fully saturated rings. The van der Waals surface area contributed by atoms with Gasteiger partial charge in [-0.3, -0.25) is 9.59 Å². The topological polar surface area (TPSA) is 68.5 Å². The molecule has 1 aromatic heterocycles. The molecule has 5 heteroatoms. The summed E-state index contributed by atoms with van der Waals surface area (Å²) in [6.45, 7) is 4.92. The molecule has 1 aliphatic rings. The van der Waals surface area contributed by atoms with Crippen molar-refractivity contribution >= 4 is 16.9 Å². The summed E-state index contributed by atoms with van der Waals surface area (Å²) < 4.78 is 11.5. The Morgan fingerprint density at radius 1 is 1.07 bits per heavy atom. The minimum Gasteiger partial charge on any atom is -0.455 e. The molecule has 2 atom stereocenters. The first-order valence-electron chi connectivity index (χ1n) is 9.06. The molecule has 1 aliphatic heterocycles. The molecule has 1 amide bonds. The highest BCUT2D eigenvalue weighted by Crippen LogP contribution is 2.27. The minimum atomic E-state index is -0.256. The second kappa shape index (κ2) is 7.00. The first-order chi connectivity index (χ1) is 13.1. The average molecular weight is 363 g/mol. The number of hydrogen-bond acceptors (Lipinski definition) is 4. The lowest BCUT2D eigenvalue weighted by Crippen LogP contribution is -2.39. The molecule has 3 aromatic rings. The van der Waals surface area contributed by atoms with Crippen LogP contribution < -0.4 is 10.7 Å². The van der Waals surface area contributed by atoms with Crippen LogP contribution in [-0.2, 0) is 4.74 Å². The highest BCUT2D eigenvalue weighted by Gasteiger charge is 2.27. The van der Waals surface area contributed by atoms with E-state index in [2.05, 4.69) is 5.32 Å². The standard InChI is InChI=1S/C22H21NO4/c1-13-11-26-12-18(13)23-22(25)17-10-6-9-16-19(24)14(2)20(27-21(16)17)15-7-4-3-5-8-15/h3-10,13,18H,11-12H2,1-2H3,(H,23,25). The van der Waals surface area contributed by atoms with E-state index in [1.807, 2.05) is 37.3 Å². The third-order valence-electron chi connectivity index (χ3n) is 5.11. The van der Waals surface area contributed by atoms with E-state index in [0.29, 0.717) is 41.1 Å². The third kappa shape index (κ3) is 3.15. The van der Waals surface area contributed by atoms with Crippen molar-refractivity contribution < 1.29 is 13.9 Å². The summed E-state index contributed by atoms with van der Waals surface area (Å²) in [6.07, 6.45) is 0. The number of benzene rings is 2. The fourth-order valence-corrected chi connectivity index (χ4v) is 3.44. The number of rotatable bonds is 3. The number of carbonyl (C=O) groups is 1. The quantitative estimate of drug-likeness (QED) is 0.773. The lowest BCUT2D eigenvalue weighted by atomic mass is 10.0. The van der Waals surface area contributed by atoms with Crippen molar-refractivity contribution in [1.82, 2.24) is 5.32 Å². The summed E-state index contributed by atoms with van der Waals surface area (Å²) in [4.78, 5) is 25.8. The smallest absolute Gasteiger partial charge is 0.255 e. The van der Waals surface area contributed by atoms with Gasteiger partial charge < -0.3 is 14.5 Å². The van der Waals surface area contributed by atoms with Crippen LogP contribution in [0.5, 0.6) is 0 Å². The van der Waals surface area contributed by atoms with E-state index in [4.69, 9.17) is 9.15 Å². The summed E-state index contributed by atoms with van der Waals surface area (Å²) >= 11 is 0. The van der Waals surface area contributed by atoms with Gasteiger partial charge in [-0.05, 0) is 19.1 Å². The van der Waals surface area contributed by atoms with Gasteiger partial charge in [0, 0.05) is 17.0 Å².